The van der Waals surface area contributed by atoms with Crippen LogP contribution in [0.1, 0.15) is 18.4 Å². The average molecular weight is 407 g/mol. The van der Waals surface area contributed by atoms with E-state index in [0.29, 0.717) is 25.9 Å². The monoisotopic (exact) mass is 406 g/mol. The fourth-order valence-corrected chi connectivity index (χ4v) is 4.21. The second kappa shape index (κ2) is 8.45. The van der Waals surface area contributed by atoms with Crippen molar-refractivity contribution in [3.05, 3.63) is 65.7 Å². The summed E-state index contributed by atoms with van der Waals surface area (Å²) in [4.78, 5) is 26.7. The molecule has 2 aromatic heterocycles. The number of nitrogens with two attached hydrogens (primary N) is 1. The lowest BCUT2D eigenvalue weighted by Crippen LogP contribution is -2.41. The minimum absolute atomic E-state index is 0.0579. The molecule has 1 aliphatic rings. The van der Waals surface area contributed by atoms with E-state index in [1.807, 2.05) is 64.8 Å². The highest BCUT2D eigenvalue weighted by Crippen LogP contribution is 2.28. The molecule has 0 unspecified atom stereocenters. The van der Waals surface area contributed by atoms with Gasteiger partial charge in [-0.15, -0.1) is 11.3 Å². The summed E-state index contributed by atoms with van der Waals surface area (Å²) in [5, 5.41) is 6.75. The van der Waals surface area contributed by atoms with Crippen LogP contribution in [0.15, 0.2) is 60.1 Å². The summed E-state index contributed by atoms with van der Waals surface area (Å²) in [5.74, 6) is -0.461. The van der Waals surface area contributed by atoms with Gasteiger partial charge >= 0.3 is 0 Å². The number of likely N-dealkylation sites (tertiary alicyclic amines) is 1. The first-order chi connectivity index (χ1) is 14.1. The average Bonchev–Trinajstić information content (AvgIpc) is 3.42. The van der Waals surface area contributed by atoms with E-state index >= 15 is 0 Å². The summed E-state index contributed by atoms with van der Waals surface area (Å²) in [6.45, 7) is 1.11. The molecule has 0 radical (unpaired) electrons. The minimum atomic E-state index is -0.276. The standard InChI is InChI=1S/C22H22N4O2S/c23-22(28)16-10-12-25(13-11-16)20(27)9-8-17-15-26(18-5-2-1-3-6-18)24-21(17)19-7-4-14-29-19/h1-9,14-16H,10-13H2,(H2,23,28)/b9-8+. The topological polar surface area (TPSA) is 81.2 Å². The summed E-state index contributed by atoms with van der Waals surface area (Å²) in [6, 6.07) is 13.9. The number of thiophene rings is 1. The third kappa shape index (κ3) is 4.30. The minimum Gasteiger partial charge on any atom is -0.369 e. The highest BCUT2D eigenvalue weighted by atomic mass is 32.1. The molecule has 0 bridgehead atoms. The molecule has 7 heteroatoms. The number of carbonyl (C=O) groups is 2. The zero-order valence-electron chi connectivity index (χ0n) is 15.9. The molecule has 0 spiro atoms. The van der Waals surface area contributed by atoms with Gasteiger partial charge in [-0.2, -0.15) is 5.10 Å². The van der Waals surface area contributed by atoms with Crippen molar-refractivity contribution in [2.24, 2.45) is 11.7 Å². The molecule has 4 rings (SSSR count). The zero-order chi connectivity index (χ0) is 20.2. The van der Waals surface area contributed by atoms with E-state index in [2.05, 4.69) is 0 Å². The Morgan fingerprint density at radius 1 is 1.10 bits per heavy atom. The molecule has 0 atom stereocenters. The molecule has 1 fully saturated rings. The molecule has 0 saturated carbocycles. The summed E-state index contributed by atoms with van der Waals surface area (Å²) in [7, 11) is 0. The van der Waals surface area contributed by atoms with Crippen LogP contribution in [-0.4, -0.2) is 39.6 Å². The Balaban J connectivity index is 1.55. The van der Waals surface area contributed by atoms with E-state index in [1.54, 1.807) is 22.3 Å². The molecular weight excluding hydrogens is 384 g/mol. The Kier molecular flexibility index (Phi) is 5.57. The molecule has 6 nitrogen and oxygen atoms in total. The van der Waals surface area contributed by atoms with Crippen molar-refractivity contribution in [2.75, 3.05) is 13.1 Å². The van der Waals surface area contributed by atoms with Gasteiger partial charge in [0.2, 0.25) is 11.8 Å². The first kappa shape index (κ1) is 19.1. The second-order valence-corrected chi connectivity index (χ2v) is 7.97. The molecule has 29 heavy (non-hydrogen) atoms. The van der Waals surface area contributed by atoms with Crippen molar-refractivity contribution in [1.82, 2.24) is 14.7 Å². The van der Waals surface area contributed by atoms with E-state index in [9.17, 15) is 9.59 Å². The molecule has 1 aliphatic heterocycles. The number of carbonyl (C=O) groups excluding carboxylic acids is 2. The second-order valence-electron chi connectivity index (χ2n) is 7.03. The Bertz CT molecular complexity index is 1020. The smallest absolute Gasteiger partial charge is 0.246 e. The number of rotatable bonds is 5. The maximum absolute atomic E-state index is 12.6. The predicted octanol–water partition coefficient (Wildman–Crippen LogP) is 3.34. The Morgan fingerprint density at radius 3 is 2.52 bits per heavy atom. The lowest BCUT2D eigenvalue weighted by molar-refractivity contribution is -0.130. The zero-order valence-corrected chi connectivity index (χ0v) is 16.7. The first-order valence-corrected chi connectivity index (χ1v) is 10.4. The predicted molar refractivity (Wildman–Crippen MR) is 114 cm³/mol. The molecule has 2 amide bonds. The van der Waals surface area contributed by atoms with Crippen molar-refractivity contribution in [3.63, 3.8) is 0 Å². The number of hydrogen-bond donors (Lipinski definition) is 1. The fraction of sp³-hybridized carbons (Fsp3) is 0.227. The molecule has 2 N–H and O–H groups in total. The number of hydrogen-bond acceptors (Lipinski definition) is 4. The van der Waals surface area contributed by atoms with Crippen LogP contribution < -0.4 is 5.73 Å². The molecule has 0 aliphatic carbocycles. The van der Waals surface area contributed by atoms with Crippen LogP contribution in [0.2, 0.25) is 0 Å². The summed E-state index contributed by atoms with van der Waals surface area (Å²) in [6.07, 6.45) is 6.61. The van der Waals surface area contributed by atoms with Gasteiger partial charge in [0.1, 0.15) is 5.69 Å². The van der Waals surface area contributed by atoms with Gasteiger partial charge in [0.05, 0.1) is 10.6 Å². The highest BCUT2D eigenvalue weighted by Gasteiger charge is 2.24. The van der Waals surface area contributed by atoms with Crippen molar-refractivity contribution < 1.29 is 9.59 Å². The van der Waals surface area contributed by atoms with Crippen molar-refractivity contribution in [3.8, 4) is 16.3 Å². The van der Waals surface area contributed by atoms with Crippen LogP contribution in [0.25, 0.3) is 22.3 Å². The van der Waals surface area contributed by atoms with Crippen molar-refractivity contribution in [1.29, 1.82) is 0 Å². The lowest BCUT2D eigenvalue weighted by Gasteiger charge is -2.29. The van der Waals surface area contributed by atoms with Gasteiger partial charge in [-0.25, -0.2) is 4.68 Å². The number of amides is 2. The molecule has 3 aromatic rings. The third-order valence-corrected chi connectivity index (χ3v) is 6.01. The Morgan fingerprint density at radius 2 is 1.86 bits per heavy atom. The van der Waals surface area contributed by atoms with Gasteiger partial charge in [-0.1, -0.05) is 24.3 Å². The maximum Gasteiger partial charge on any atom is 0.246 e. The third-order valence-electron chi connectivity index (χ3n) is 5.13. The number of piperidine rings is 1. The summed E-state index contributed by atoms with van der Waals surface area (Å²) >= 11 is 1.62. The van der Waals surface area contributed by atoms with E-state index in [0.717, 1.165) is 21.8 Å². The lowest BCUT2D eigenvalue weighted by atomic mass is 9.96. The van der Waals surface area contributed by atoms with Crippen molar-refractivity contribution >= 4 is 29.2 Å². The van der Waals surface area contributed by atoms with Gasteiger partial charge in [0.15, 0.2) is 0 Å². The quantitative estimate of drug-likeness (QED) is 0.660. The highest BCUT2D eigenvalue weighted by molar-refractivity contribution is 7.13. The Hall–Kier alpha value is -3.19. The van der Waals surface area contributed by atoms with Gasteiger partial charge in [-0.05, 0) is 42.5 Å². The van der Waals surface area contributed by atoms with Crippen LogP contribution in [0.4, 0.5) is 0 Å². The van der Waals surface area contributed by atoms with Gasteiger partial charge in [0, 0.05) is 36.8 Å². The Labute approximate surface area is 173 Å². The maximum atomic E-state index is 12.6. The molecule has 1 aromatic carbocycles. The first-order valence-electron chi connectivity index (χ1n) is 9.57. The van der Waals surface area contributed by atoms with E-state index < -0.39 is 0 Å². The van der Waals surface area contributed by atoms with Gasteiger partial charge in [-0.3, -0.25) is 9.59 Å². The molecular formula is C22H22N4O2S. The van der Waals surface area contributed by atoms with E-state index in [-0.39, 0.29) is 17.7 Å². The largest absolute Gasteiger partial charge is 0.369 e. The van der Waals surface area contributed by atoms with Crippen LogP contribution in [0.3, 0.4) is 0 Å². The number of nitrogens with zero attached hydrogens (tertiary/aromatic N) is 3. The molecule has 1 saturated heterocycles. The molecule has 3 heterocycles. The fourth-order valence-electron chi connectivity index (χ4n) is 3.48. The van der Waals surface area contributed by atoms with Crippen LogP contribution in [0, 0.1) is 5.92 Å². The number of primary amides is 1. The van der Waals surface area contributed by atoms with Gasteiger partial charge < -0.3 is 10.6 Å². The van der Waals surface area contributed by atoms with Crippen LogP contribution >= 0.6 is 11.3 Å². The number of benzene rings is 1. The normalized spacial score (nSPS) is 15.1. The van der Waals surface area contributed by atoms with Crippen molar-refractivity contribution in [2.45, 2.75) is 12.8 Å². The van der Waals surface area contributed by atoms with E-state index in [1.165, 1.54) is 0 Å². The number of para-hydroxylation sites is 1. The SMILES string of the molecule is NC(=O)C1CCN(C(=O)/C=C/c2cn(-c3ccccc3)nc2-c2cccs2)CC1. The van der Waals surface area contributed by atoms with E-state index in [4.69, 9.17) is 10.8 Å². The van der Waals surface area contributed by atoms with Gasteiger partial charge in [0.25, 0.3) is 0 Å². The summed E-state index contributed by atoms with van der Waals surface area (Å²) in [5.41, 5.74) is 8.07. The van der Waals surface area contributed by atoms with Crippen LogP contribution in [-0.2, 0) is 9.59 Å². The molecule has 148 valence electrons. The number of aromatic nitrogens is 2. The summed E-state index contributed by atoms with van der Waals surface area (Å²) < 4.78 is 1.83. The van der Waals surface area contributed by atoms with Crippen LogP contribution in [0.5, 0.6) is 0 Å².